The number of nitro groups is 1. The molecule has 0 amide bonds. The Labute approximate surface area is 97.6 Å². The Kier molecular flexibility index (Phi) is 4.75. The van der Waals surface area contributed by atoms with Crippen LogP contribution in [0.2, 0.25) is 0 Å². The van der Waals surface area contributed by atoms with E-state index >= 15 is 0 Å². The number of rotatable bonds is 5. The van der Waals surface area contributed by atoms with Crippen LogP contribution in [0.15, 0.2) is 29.8 Å². The van der Waals surface area contributed by atoms with Crippen molar-refractivity contribution in [2.75, 3.05) is 6.61 Å². The van der Waals surface area contributed by atoms with Gasteiger partial charge in [-0.25, -0.2) is 0 Å². The lowest BCUT2D eigenvalue weighted by atomic mass is 10.2. The van der Waals surface area contributed by atoms with Crippen LogP contribution in [-0.2, 0) is 6.54 Å². The number of nitrogens with two attached hydrogens (primary N) is 1. The van der Waals surface area contributed by atoms with E-state index in [0.29, 0.717) is 5.56 Å². The van der Waals surface area contributed by atoms with Crippen molar-refractivity contribution in [2.45, 2.75) is 6.54 Å². The van der Waals surface area contributed by atoms with Gasteiger partial charge in [-0.05, 0) is 17.7 Å². The van der Waals surface area contributed by atoms with E-state index in [9.17, 15) is 10.1 Å². The maximum Gasteiger partial charge on any atom is 0.311 e. The molecule has 1 aromatic carbocycles. The first-order chi connectivity index (χ1) is 7.69. The van der Waals surface area contributed by atoms with Gasteiger partial charge in [-0.1, -0.05) is 17.7 Å². The Balaban J connectivity index is 2.94. The number of ether oxygens (including phenoxy) is 1. The molecule has 0 spiro atoms. The molecule has 5 nitrogen and oxygen atoms in total. The Bertz CT molecular complexity index is 407. The summed E-state index contributed by atoms with van der Waals surface area (Å²) in [5, 5.41) is 10.8. The van der Waals surface area contributed by atoms with Gasteiger partial charge < -0.3 is 10.5 Å². The molecule has 2 N–H and O–H groups in total. The van der Waals surface area contributed by atoms with E-state index < -0.39 is 4.92 Å². The summed E-state index contributed by atoms with van der Waals surface area (Å²) >= 11 is 5.31. The minimum absolute atomic E-state index is 0.0917. The third-order valence-corrected chi connectivity index (χ3v) is 2.06. The van der Waals surface area contributed by atoms with Crippen LogP contribution >= 0.6 is 11.6 Å². The van der Waals surface area contributed by atoms with E-state index in [2.05, 4.69) is 0 Å². The van der Waals surface area contributed by atoms with Crippen molar-refractivity contribution >= 4 is 17.3 Å². The molecule has 0 unspecified atom stereocenters. The lowest BCUT2D eigenvalue weighted by molar-refractivity contribution is -0.385. The molecule has 0 aliphatic carbocycles. The van der Waals surface area contributed by atoms with Crippen molar-refractivity contribution < 1.29 is 9.66 Å². The van der Waals surface area contributed by atoms with Gasteiger partial charge >= 0.3 is 5.69 Å². The molecule has 86 valence electrons. The molecule has 0 saturated heterocycles. The molecule has 0 aromatic heterocycles. The zero-order valence-electron chi connectivity index (χ0n) is 8.43. The molecular weight excluding hydrogens is 232 g/mol. The molecular formula is C10H11ClN2O3. The van der Waals surface area contributed by atoms with Crippen molar-refractivity contribution in [3.8, 4) is 5.75 Å². The molecule has 0 bridgehead atoms. The first-order valence-electron chi connectivity index (χ1n) is 4.54. The van der Waals surface area contributed by atoms with Crippen molar-refractivity contribution in [1.82, 2.24) is 0 Å². The van der Waals surface area contributed by atoms with E-state index in [1.165, 1.54) is 17.7 Å². The van der Waals surface area contributed by atoms with E-state index in [-0.39, 0.29) is 24.6 Å². The fraction of sp³-hybridized carbons (Fsp3) is 0.200. The van der Waals surface area contributed by atoms with Crippen LogP contribution in [-0.4, -0.2) is 11.5 Å². The van der Waals surface area contributed by atoms with Crippen LogP contribution in [0.25, 0.3) is 0 Å². The zero-order valence-corrected chi connectivity index (χ0v) is 9.18. The first kappa shape index (κ1) is 12.5. The molecule has 1 aromatic rings. The largest absolute Gasteiger partial charge is 0.483 e. The van der Waals surface area contributed by atoms with Gasteiger partial charge in [0.2, 0.25) is 0 Å². The number of nitrogens with zero attached hydrogens (tertiary/aromatic N) is 1. The summed E-state index contributed by atoms with van der Waals surface area (Å²) in [4.78, 5) is 10.3. The molecule has 0 radical (unpaired) electrons. The summed E-state index contributed by atoms with van der Waals surface area (Å²) in [7, 11) is 0. The summed E-state index contributed by atoms with van der Waals surface area (Å²) in [5.41, 5.74) is 7.29. The third kappa shape index (κ3) is 3.22. The van der Waals surface area contributed by atoms with Gasteiger partial charge in [0.05, 0.1) is 4.92 Å². The van der Waals surface area contributed by atoms with Gasteiger partial charge in [-0.15, -0.1) is 0 Å². The van der Waals surface area contributed by atoms with Gasteiger partial charge in [-0.2, -0.15) is 0 Å². The summed E-state index contributed by atoms with van der Waals surface area (Å²) in [5.74, 6) is 0.206. The van der Waals surface area contributed by atoms with E-state index in [0.717, 1.165) is 0 Å². The van der Waals surface area contributed by atoms with Crippen LogP contribution in [0.5, 0.6) is 5.75 Å². The van der Waals surface area contributed by atoms with E-state index in [4.69, 9.17) is 22.1 Å². The van der Waals surface area contributed by atoms with Gasteiger partial charge in [0.15, 0.2) is 5.75 Å². The molecule has 0 atom stereocenters. The Morgan fingerprint density at radius 1 is 1.56 bits per heavy atom. The van der Waals surface area contributed by atoms with Gasteiger partial charge in [0.1, 0.15) is 6.61 Å². The van der Waals surface area contributed by atoms with Crippen LogP contribution in [0.1, 0.15) is 5.56 Å². The third-order valence-electron chi connectivity index (χ3n) is 1.88. The van der Waals surface area contributed by atoms with E-state index in [1.807, 2.05) is 0 Å². The number of halogens is 1. The molecule has 16 heavy (non-hydrogen) atoms. The highest BCUT2D eigenvalue weighted by molar-refractivity contribution is 6.25. The zero-order chi connectivity index (χ0) is 12.0. The number of hydrogen-bond donors (Lipinski definition) is 1. The summed E-state index contributed by atoms with van der Waals surface area (Å²) in [6, 6.07) is 4.62. The summed E-state index contributed by atoms with van der Waals surface area (Å²) in [6.45, 7) is 0.439. The lowest BCUT2D eigenvalue weighted by Gasteiger charge is -2.05. The molecule has 0 heterocycles. The Morgan fingerprint density at radius 2 is 2.31 bits per heavy atom. The predicted molar refractivity (Wildman–Crippen MR) is 61.5 cm³/mol. The van der Waals surface area contributed by atoms with Gasteiger partial charge in [-0.3, -0.25) is 10.1 Å². The second-order valence-electron chi connectivity index (χ2n) is 2.94. The quantitative estimate of drug-likeness (QED) is 0.634. The van der Waals surface area contributed by atoms with Crippen LogP contribution in [0.3, 0.4) is 0 Å². The minimum atomic E-state index is -0.501. The average molecular weight is 243 g/mol. The predicted octanol–water partition coefficient (Wildman–Crippen LogP) is 2.18. The van der Waals surface area contributed by atoms with E-state index in [1.54, 1.807) is 12.1 Å². The van der Waals surface area contributed by atoms with Gasteiger partial charge in [0.25, 0.3) is 0 Å². The minimum Gasteiger partial charge on any atom is -0.483 e. The smallest absolute Gasteiger partial charge is 0.311 e. The van der Waals surface area contributed by atoms with Crippen molar-refractivity contribution in [3.05, 3.63) is 45.5 Å². The summed E-state index contributed by atoms with van der Waals surface area (Å²) < 4.78 is 5.18. The van der Waals surface area contributed by atoms with Crippen LogP contribution < -0.4 is 10.5 Å². The number of nitro benzene ring substituents is 1. The van der Waals surface area contributed by atoms with Crippen LogP contribution in [0, 0.1) is 10.1 Å². The monoisotopic (exact) mass is 242 g/mol. The normalized spacial score (nSPS) is 10.6. The first-order valence-corrected chi connectivity index (χ1v) is 4.98. The topological polar surface area (TPSA) is 78.4 Å². The molecule has 0 saturated carbocycles. The molecule has 6 heteroatoms. The standard InChI is InChI=1S/C10H11ClN2O3/c11-4-1-5-16-10-3-2-8(7-12)6-9(10)13(14)15/h1-4,6H,5,7,12H2/b4-1+. The van der Waals surface area contributed by atoms with Crippen LogP contribution in [0.4, 0.5) is 5.69 Å². The molecule has 0 aliphatic heterocycles. The maximum atomic E-state index is 10.8. The highest BCUT2D eigenvalue weighted by atomic mass is 35.5. The lowest BCUT2D eigenvalue weighted by Crippen LogP contribution is -2.01. The van der Waals surface area contributed by atoms with Crippen molar-refractivity contribution in [2.24, 2.45) is 5.73 Å². The number of hydrogen-bond acceptors (Lipinski definition) is 4. The second kappa shape index (κ2) is 6.09. The fourth-order valence-corrected chi connectivity index (χ4v) is 1.20. The molecule has 0 aliphatic rings. The van der Waals surface area contributed by atoms with Crippen molar-refractivity contribution in [1.29, 1.82) is 0 Å². The maximum absolute atomic E-state index is 10.8. The number of benzene rings is 1. The Morgan fingerprint density at radius 3 is 2.88 bits per heavy atom. The second-order valence-corrected chi connectivity index (χ2v) is 3.19. The highest BCUT2D eigenvalue weighted by Gasteiger charge is 2.15. The van der Waals surface area contributed by atoms with Gasteiger partial charge in [0, 0.05) is 18.1 Å². The fourth-order valence-electron chi connectivity index (χ4n) is 1.13. The molecule has 0 fully saturated rings. The highest BCUT2D eigenvalue weighted by Crippen LogP contribution is 2.27. The SMILES string of the molecule is NCc1ccc(OC/C=C/Cl)c([N+](=O)[O-])c1. The molecule has 1 rings (SSSR count). The average Bonchev–Trinajstić information content (AvgIpc) is 2.29. The van der Waals surface area contributed by atoms with Crippen molar-refractivity contribution in [3.63, 3.8) is 0 Å². The summed E-state index contributed by atoms with van der Waals surface area (Å²) in [6.07, 6.45) is 1.54. The Hall–Kier alpha value is -1.59.